The first-order valence-electron chi connectivity index (χ1n) is 10.3. The molecule has 160 valence electrons. The summed E-state index contributed by atoms with van der Waals surface area (Å²) >= 11 is 12.4. The van der Waals surface area contributed by atoms with E-state index in [2.05, 4.69) is 12.2 Å². The van der Waals surface area contributed by atoms with Crippen LogP contribution < -0.4 is 15.6 Å². The average Bonchev–Trinajstić information content (AvgIpc) is 3.24. The lowest BCUT2D eigenvalue weighted by Gasteiger charge is -2.15. The molecule has 0 fully saturated rings. The van der Waals surface area contributed by atoms with E-state index in [1.807, 2.05) is 0 Å². The van der Waals surface area contributed by atoms with Gasteiger partial charge in [-0.1, -0.05) is 36.5 Å². The van der Waals surface area contributed by atoms with Crippen LogP contribution in [-0.4, -0.2) is 16.9 Å². The van der Waals surface area contributed by atoms with Gasteiger partial charge >= 0.3 is 0 Å². The van der Waals surface area contributed by atoms with Crippen molar-refractivity contribution >= 4 is 34.8 Å². The number of nitrogens with zero attached hydrogens (tertiary/aromatic N) is 1. The van der Waals surface area contributed by atoms with Crippen molar-refractivity contribution in [2.24, 2.45) is 0 Å². The van der Waals surface area contributed by atoms with Gasteiger partial charge in [0.1, 0.15) is 17.3 Å². The Kier molecular flexibility index (Phi) is 6.35. The summed E-state index contributed by atoms with van der Waals surface area (Å²) in [5.41, 5.74) is 1.58. The van der Waals surface area contributed by atoms with Gasteiger partial charge in [-0.25, -0.2) is 0 Å². The number of fused-ring (bicyclic) bond motifs is 1. The Morgan fingerprint density at radius 1 is 1.10 bits per heavy atom. The Balaban J connectivity index is 1.69. The minimum atomic E-state index is -0.202. The molecule has 0 saturated carbocycles. The number of aryl methyl sites for hydroxylation is 1. The van der Waals surface area contributed by atoms with Gasteiger partial charge in [-0.3, -0.25) is 14.2 Å². The highest BCUT2D eigenvalue weighted by Crippen LogP contribution is 2.32. The molecule has 0 spiro atoms. The minimum Gasteiger partial charge on any atom is -0.457 e. The second kappa shape index (κ2) is 9.16. The number of halogens is 2. The van der Waals surface area contributed by atoms with Gasteiger partial charge in [-0.05, 0) is 54.8 Å². The molecule has 2 aromatic carbocycles. The van der Waals surface area contributed by atoms with Crippen molar-refractivity contribution in [1.82, 2.24) is 4.57 Å². The summed E-state index contributed by atoms with van der Waals surface area (Å²) in [4.78, 5) is 26.0. The van der Waals surface area contributed by atoms with Crippen LogP contribution in [0.5, 0.6) is 11.5 Å². The molecule has 0 atom stereocenters. The van der Waals surface area contributed by atoms with Crippen LogP contribution in [0.2, 0.25) is 10.0 Å². The van der Waals surface area contributed by atoms with Gasteiger partial charge in [0, 0.05) is 35.8 Å². The molecule has 1 aromatic heterocycles. The highest BCUT2D eigenvalue weighted by atomic mass is 35.5. The molecule has 5 nitrogen and oxygen atoms in total. The lowest BCUT2D eigenvalue weighted by Crippen LogP contribution is -2.22. The van der Waals surface area contributed by atoms with E-state index < -0.39 is 0 Å². The molecule has 0 aliphatic carbocycles. The Labute approximate surface area is 190 Å². The summed E-state index contributed by atoms with van der Waals surface area (Å²) in [6.45, 7) is 3.24. The lowest BCUT2D eigenvalue weighted by atomic mass is 9.95. The van der Waals surface area contributed by atoms with Crippen LogP contribution in [0.25, 0.3) is 0 Å². The number of rotatable bonds is 7. The van der Waals surface area contributed by atoms with Crippen LogP contribution in [0.4, 0.5) is 5.82 Å². The van der Waals surface area contributed by atoms with Crippen molar-refractivity contribution in [2.75, 3.05) is 11.9 Å². The molecule has 7 heteroatoms. The fourth-order valence-electron chi connectivity index (χ4n) is 3.72. The van der Waals surface area contributed by atoms with E-state index >= 15 is 0 Å². The van der Waals surface area contributed by atoms with Gasteiger partial charge in [-0.2, -0.15) is 0 Å². The number of benzene rings is 2. The predicted octanol–water partition coefficient (Wildman–Crippen LogP) is 5.95. The molecule has 0 unspecified atom stereocenters. The molecular formula is C24H22Cl2N2O3. The van der Waals surface area contributed by atoms with Crippen molar-refractivity contribution in [3.63, 3.8) is 0 Å². The summed E-state index contributed by atoms with van der Waals surface area (Å²) in [6.07, 6.45) is 2.53. The van der Waals surface area contributed by atoms with E-state index in [0.717, 1.165) is 18.4 Å². The smallest absolute Gasteiger partial charge is 0.252 e. The van der Waals surface area contributed by atoms with Gasteiger partial charge < -0.3 is 10.1 Å². The van der Waals surface area contributed by atoms with Crippen molar-refractivity contribution in [1.29, 1.82) is 0 Å². The molecule has 0 radical (unpaired) electrons. The molecule has 31 heavy (non-hydrogen) atoms. The van der Waals surface area contributed by atoms with Gasteiger partial charge in [0.05, 0.1) is 10.6 Å². The van der Waals surface area contributed by atoms with Crippen molar-refractivity contribution in [2.45, 2.75) is 32.7 Å². The zero-order chi connectivity index (χ0) is 22.0. The van der Waals surface area contributed by atoms with Crippen molar-refractivity contribution in [3.8, 4) is 11.5 Å². The lowest BCUT2D eigenvalue weighted by molar-refractivity contribution is 0.103. The van der Waals surface area contributed by atoms with Crippen LogP contribution in [0, 0.1) is 0 Å². The summed E-state index contributed by atoms with van der Waals surface area (Å²) in [7, 11) is 0. The summed E-state index contributed by atoms with van der Waals surface area (Å²) < 4.78 is 7.43. The second-order valence-electron chi connectivity index (χ2n) is 7.44. The number of aromatic nitrogens is 1. The number of unbranched alkanes of at least 4 members (excludes halogenated alkanes) is 1. The fourth-order valence-corrected chi connectivity index (χ4v) is 4.11. The number of nitrogens with one attached hydrogen (secondary N) is 1. The Morgan fingerprint density at radius 3 is 2.55 bits per heavy atom. The topological polar surface area (TPSA) is 60.3 Å². The first kappa shape index (κ1) is 21.5. The largest absolute Gasteiger partial charge is 0.457 e. The highest BCUT2D eigenvalue weighted by Gasteiger charge is 2.26. The molecule has 4 rings (SSSR count). The maximum Gasteiger partial charge on any atom is 0.252 e. The molecule has 1 aliphatic heterocycles. The van der Waals surface area contributed by atoms with Gasteiger partial charge in [0.15, 0.2) is 5.78 Å². The van der Waals surface area contributed by atoms with Crippen LogP contribution in [-0.2, 0) is 13.0 Å². The normalized spacial score (nSPS) is 12.4. The molecule has 0 saturated heterocycles. The zero-order valence-electron chi connectivity index (χ0n) is 17.1. The van der Waals surface area contributed by atoms with E-state index in [9.17, 15) is 9.59 Å². The summed E-state index contributed by atoms with van der Waals surface area (Å²) in [5, 5.41) is 4.12. The maximum absolute atomic E-state index is 13.5. The molecule has 3 aromatic rings. The standard InChI is InChI=1S/C24H22Cl2N2O3/c1-2-3-4-15-13-21(29)28-12-11-27-24(28)22(15)23(30)19-10-9-18(14-20(19)26)31-17-7-5-16(25)6-8-17/h5-10,13-14,27H,2-4,11-12H2,1H3. The average molecular weight is 457 g/mol. The zero-order valence-corrected chi connectivity index (χ0v) is 18.6. The van der Waals surface area contributed by atoms with E-state index in [1.165, 1.54) is 0 Å². The Hall–Kier alpha value is -2.76. The third-order valence-electron chi connectivity index (χ3n) is 5.28. The van der Waals surface area contributed by atoms with Crippen LogP contribution in [0.1, 0.15) is 41.3 Å². The minimum absolute atomic E-state index is 0.0829. The second-order valence-corrected chi connectivity index (χ2v) is 8.28. The van der Waals surface area contributed by atoms with E-state index in [-0.39, 0.29) is 11.3 Å². The highest BCUT2D eigenvalue weighted by molar-refractivity contribution is 6.35. The van der Waals surface area contributed by atoms with Crippen molar-refractivity contribution < 1.29 is 9.53 Å². The first-order valence-corrected chi connectivity index (χ1v) is 11.0. The van der Waals surface area contributed by atoms with E-state index in [1.54, 1.807) is 53.1 Å². The Bertz CT molecular complexity index is 1190. The molecule has 1 N–H and O–H groups in total. The van der Waals surface area contributed by atoms with E-state index in [0.29, 0.717) is 58.0 Å². The molecule has 0 amide bonds. The quantitative estimate of drug-likeness (QED) is 0.446. The molecule has 0 bridgehead atoms. The van der Waals surface area contributed by atoms with E-state index in [4.69, 9.17) is 27.9 Å². The molecule has 2 heterocycles. The van der Waals surface area contributed by atoms with Crippen LogP contribution >= 0.6 is 23.2 Å². The van der Waals surface area contributed by atoms with Gasteiger partial charge in [0.25, 0.3) is 5.56 Å². The molecular weight excluding hydrogens is 435 g/mol. The van der Waals surface area contributed by atoms with Gasteiger partial charge in [-0.15, -0.1) is 0 Å². The number of hydrogen-bond acceptors (Lipinski definition) is 4. The number of ketones is 1. The summed E-state index contributed by atoms with van der Waals surface area (Å²) in [5.74, 6) is 1.52. The monoisotopic (exact) mass is 456 g/mol. The van der Waals surface area contributed by atoms with Crippen molar-refractivity contribution in [3.05, 3.63) is 85.6 Å². The summed E-state index contributed by atoms with van der Waals surface area (Å²) in [6, 6.07) is 13.6. The van der Waals surface area contributed by atoms with Crippen LogP contribution in [0.3, 0.4) is 0 Å². The number of anilines is 1. The number of carbonyl (C=O) groups is 1. The SMILES string of the molecule is CCCCc1cc(=O)n2c(c1C(=O)c1ccc(Oc3ccc(Cl)cc3)cc1Cl)NCC2. The van der Waals surface area contributed by atoms with Gasteiger partial charge in [0.2, 0.25) is 0 Å². The molecule has 1 aliphatic rings. The predicted molar refractivity (Wildman–Crippen MR) is 124 cm³/mol. The first-order chi connectivity index (χ1) is 15.0. The van der Waals surface area contributed by atoms with Crippen LogP contribution in [0.15, 0.2) is 53.3 Å². The third-order valence-corrected chi connectivity index (χ3v) is 5.85. The number of pyridine rings is 1. The third kappa shape index (κ3) is 4.48. The number of hydrogen-bond donors (Lipinski definition) is 1. The number of ether oxygens (including phenoxy) is 1. The number of carbonyl (C=O) groups excluding carboxylic acids is 1. The maximum atomic E-state index is 13.5. The fraction of sp³-hybridized carbons (Fsp3) is 0.250. The Morgan fingerprint density at radius 2 is 1.84 bits per heavy atom.